The van der Waals surface area contributed by atoms with Gasteiger partial charge in [-0.1, -0.05) is 6.42 Å². The maximum atomic E-state index is 12.9. The van der Waals surface area contributed by atoms with Gasteiger partial charge in [0.1, 0.15) is 11.6 Å². The Morgan fingerprint density at radius 2 is 1.75 bits per heavy atom. The summed E-state index contributed by atoms with van der Waals surface area (Å²) in [4.78, 5) is 27.3. The van der Waals surface area contributed by atoms with Gasteiger partial charge in [-0.05, 0) is 75.4 Å². The lowest BCUT2D eigenvalue weighted by molar-refractivity contribution is -0.149. The van der Waals surface area contributed by atoms with Crippen LogP contribution in [0.2, 0.25) is 0 Å². The number of halogens is 2. The normalized spacial score (nSPS) is 19.5. The highest BCUT2D eigenvalue weighted by molar-refractivity contribution is 6.01. The molecule has 1 aliphatic carbocycles. The van der Waals surface area contributed by atoms with Crippen LogP contribution in [0.15, 0.2) is 48.8 Å². The molecule has 5 rings (SSSR count). The Labute approximate surface area is 209 Å². The number of aromatic nitrogens is 2. The molecule has 2 atom stereocenters. The first-order valence-corrected chi connectivity index (χ1v) is 12.6. The molecule has 0 radical (unpaired) electrons. The van der Waals surface area contributed by atoms with Gasteiger partial charge in [0.25, 0.3) is 5.91 Å². The molecule has 1 aromatic carbocycles. The molecule has 1 amide bonds. The SMILES string of the molecule is CCOC(=O)C1CCCC(NC(=O)c2cnn3ccc(N4CCCC4)cc23)C1.Fc1ccc(F)cc1. The van der Waals surface area contributed by atoms with Crippen LogP contribution < -0.4 is 10.2 Å². The number of rotatable bonds is 5. The Morgan fingerprint density at radius 3 is 2.42 bits per heavy atom. The molecule has 192 valence electrons. The maximum absolute atomic E-state index is 12.9. The summed E-state index contributed by atoms with van der Waals surface area (Å²) in [5.41, 5.74) is 2.54. The van der Waals surface area contributed by atoms with Crippen molar-refractivity contribution in [3.05, 3.63) is 66.0 Å². The van der Waals surface area contributed by atoms with Crippen LogP contribution in [0.4, 0.5) is 14.5 Å². The molecule has 1 N–H and O–H groups in total. The topological polar surface area (TPSA) is 75.9 Å². The average Bonchev–Trinajstić information content (AvgIpc) is 3.56. The predicted octanol–water partition coefficient (Wildman–Crippen LogP) is 4.75. The molecule has 0 spiro atoms. The van der Waals surface area contributed by atoms with Crippen LogP contribution in [0.3, 0.4) is 0 Å². The van der Waals surface area contributed by atoms with Gasteiger partial charge in [0.05, 0.1) is 29.8 Å². The molecule has 7 nitrogen and oxygen atoms in total. The highest BCUT2D eigenvalue weighted by Crippen LogP contribution is 2.27. The van der Waals surface area contributed by atoms with Gasteiger partial charge in [-0.15, -0.1) is 0 Å². The average molecular weight is 499 g/mol. The van der Waals surface area contributed by atoms with Crippen LogP contribution in [-0.4, -0.2) is 47.2 Å². The number of hydrogen-bond acceptors (Lipinski definition) is 5. The van der Waals surface area contributed by atoms with Crippen LogP contribution in [0.25, 0.3) is 5.52 Å². The van der Waals surface area contributed by atoms with Gasteiger partial charge in [-0.25, -0.2) is 13.3 Å². The minimum Gasteiger partial charge on any atom is -0.466 e. The second-order valence-electron chi connectivity index (χ2n) is 9.19. The number of ether oxygens (including phenoxy) is 1. The fraction of sp³-hybridized carbons (Fsp3) is 0.444. The van der Waals surface area contributed by atoms with Crippen molar-refractivity contribution in [1.82, 2.24) is 14.9 Å². The first-order valence-electron chi connectivity index (χ1n) is 12.6. The number of fused-ring (bicyclic) bond motifs is 1. The Kier molecular flexibility index (Phi) is 8.51. The lowest BCUT2D eigenvalue weighted by Gasteiger charge is -2.28. The molecule has 9 heteroatoms. The zero-order chi connectivity index (χ0) is 25.5. The number of amides is 1. The summed E-state index contributed by atoms with van der Waals surface area (Å²) in [6.07, 6.45) is 9.25. The lowest BCUT2D eigenvalue weighted by Crippen LogP contribution is -2.40. The molecule has 1 saturated carbocycles. The second kappa shape index (κ2) is 12.0. The molecule has 1 saturated heterocycles. The standard InChI is InChI=1S/C21H28N4O3.C6H4F2/c1-2-28-21(27)15-6-5-7-16(12-15)23-20(26)18-14-22-25-11-8-17(13-19(18)25)24-9-3-4-10-24;7-5-1-2-6(8)4-3-5/h8,11,13-16H,2-7,9-10,12H2,1H3,(H,23,26);1-4H. The van der Waals surface area contributed by atoms with E-state index in [2.05, 4.69) is 27.4 Å². The largest absolute Gasteiger partial charge is 0.466 e. The van der Waals surface area contributed by atoms with Crippen molar-refractivity contribution in [2.45, 2.75) is 51.5 Å². The summed E-state index contributed by atoms with van der Waals surface area (Å²) in [5, 5.41) is 7.45. The third-order valence-corrected chi connectivity index (χ3v) is 6.65. The van der Waals surface area contributed by atoms with E-state index >= 15 is 0 Å². The molecule has 2 fully saturated rings. The van der Waals surface area contributed by atoms with Crippen LogP contribution in [0, 0.1) is 17.6 Å². The first-order chi connectivity index (χ1) is 17.4. The van der Waals surface area contributed by atoms with Crippen LogP contribution in [-0.2, 0) is 9.53 Å². The minimum atomic E-state index is -0.411. The summed E-state index contributed by atoms with van der Waals surface area (Å²) in [6, 6.07) is 8.41. The molecule has 2 unspecified atom stereocenters. The number of anilines is 1. The molecule has 36 heavy (non-hydrogen) atoms. The van der Waals surface area contributed by atoms with Gasteiger partial charge in [0.15, 0.2) is 0 Å². The first kappa shape index (κ1) is 25.6. The van der Waals surface area contributed by atoms with Crippen LogP contribution >= 0.6 is 0 Å². The van der Waals surface area contributed by atoms with Gasteiger partial charge >= 0.3 is 5.97 Å². The maximum Gasteiger partial charge on any atom is 0.308 e. The number of benzene rings is 1. The number of nitrogens with one attached hydrogen (secondary N) is 1. The Hall–Kier alpha value is -3.49. The molecular weight excluding hydrogens is 466 g/mol. The van der Waals surface area contributed by atoms with Crippen molar-refractivity contribution in [3.63, 3.8) is 0 Å². The Balaban J connectivity index is 0.000000325. The number of carbonyl (C=O) groups is 2. The zero-order valence-corrected chi connectivity index (χ0v) is 20.5. The zero-order valence-electron chi connectivity index (χ0n) is 20.5. The van der Waals surface area contributed by atoms with E-state index < -0.39 is 11.6 Å². The van der Waals surface area contributed by atoms with Crippen molar-refractivity contribution in [1.29, 1.82) is 0 Å². The third kappa shape index (κ3) is 6.38. The smallest absolute Gasteiger partial charge is 0.308 e. The molecule has 1 aliphatic heterocycles. The number of pyridine rings is 1. The lowest BCUT2D eigenvalue weighted by atomic mass is 9.85. The summed E-state index contributed by atoms with van der Waals surface area (Å²) < 4.78 is 30.7. The molecule has 2 aromatic heterocycles. The predicted molar refractivity (Wildman–Crippen MR) is 133 cm³/mol. The highest BCUT2D eigenvalue weighted by atomic mass is 19.1. The fourth-order valence-electron chi connectivity index (χ4n) is 4.80. The van der Waals surface area contributed by atoms with Crippen molar-refractivity contribution in [2.24, 2.45) is 5.92 Å². The van der Waals surface area contributed by atoms with Crippen molar-refractivity contribution >= 4 is 23.1 Å². The summed E-state index contributed by atoms with van der Waals surface area (Å²) in [5.74, 6) is -1.21. The number of carbonyl (C=O) groups excluding carboxylic acids is 2. The molecule has 2 aliphatic rings. The molecule has 3 heterocycles. The monoisotopic (exact) mass is 498 g/mol. The van der Waals surface area contributed by atoms with Crippen LogP contribution in [0.5, 0.6) is 0 Å². The summed E-state index contributed by atoms with van der Waals surface area (Å²) >= 11 is 0. The quantitative estimate of drug-likeness (QED) is 0.514. The molecule has 0 bridgehead atoms. The van der Waals surface area contributed by atoms with Crippen molar-refractivity contribution in [2.75, 3.05) is 24.6 Å². The van der Waals surface area contributed by atoms with E-state index in [1.807, 2.05) is 13.1 Å². The second-order valence-corrected chi connectivity index (χ2v) is 9.19. The molecule has 3 aromatic rings. The number of nitrogens with zero attached hydrogens (tertiary/aromatic N) is 3. The van der Waals surface area contributed by atoms with Crippen LogP contribution in [0.1, 0.15) is 55.8 Å². The van der Waals surface area contributed by atoms with Gasteiger partial charge < -0.3 is 15.0 Å². The Bertz CT molecular complexity index is 1150. The highest BCUT2D eigenvalue weighted by Gasteiger charge is 2.29. The van der Waals surface area contributed by atoms with E-state index in [0.29, 0.717) is 18.6 Å². The van der Waals surface area contributed by atoms with Crippen molar-refractivity contribution in [3.8, 4) is 0 Å². The van der Waals surface area contributed by atoms with Crippen molar-refractivity contribution < 1.29 is 23.1 Å². The Morgan fingerprint density at radius 1 is 1.06 bits per heavy atom. The van der Waals surface area contributed by atoms with E-state index in [9.17, 15) is 18.4 Å². The van der Waals surface area contributed by atoms with Gasteiger partial charge in [-0.2, -0.15) is 5.10 Å². The molecular formula is C27H32F2N4O3. The van der Waals surface area contributed by atoms with E-state index in [1.165, 1.54) is 12.8 Å². The van der Waals surface area contributed by atoms with E-state index in [4.69, 9.17) is 4.74 Å². The summed E-state index contributed by atoms with van der Waals surface area (Å²) in [6.45, 7) is 4.34. The van der Waals surface area contributed by atoms with E-state index in [1.54, 1.807) is 10.7 Å². The van der Waals surface area contributed by atoms with Gasteiger partial charge in [0.2, 0.25) is 0 Å². The van der Waals surface area contributed by atoms with Gasteiger partial charge in [-0.3, -0.25) is 9.59 Å². The minimum absolute atomic E-state index is 0.00706. The van der Waals surface area contributed by atoms with E-state index in [-0.39, 0.29) is 23.8 Å². The van der Waals surface area contributed by atoms with E-state index in [0.717, 1.165) is 67.8 Å². The van der Waals surface area contributed by atoms with Gasteiger partial charge in [0, 0.05) is 31.0 Å². The number of hydrogen-bond donors (Lipinski definition) is 1. The fourth-order valence-corrected chi connectivity index (χ4v) is 4.80. The number of esters is 1. The summed E-state index contributed by atoms with van der Waals surface area (Å²) in [7, 11) is 0. The third-order valence-electron chi connectivity index (χ3n) is 6.65.